The van der Waals surface area contributed by atoms with Crippen molar-refractivity contribution < 1.29 is 41.4 Å². The number of methoxy groups -OCH3 is 1. The molecule has 0 aliphatic heterocycles. The quantitative estimate of drug-likeness (QED) is 0.297. The number of hydrogen-bond donors (Lipinski definition) is 1. The molecule has 37 heavy (non-hydrogen) atoms. The van der Waals surface area contributed by atoms with E-state index in [1.165, 1.54) is 51.4 Å². The zero-order valence-electron chi connectivity index (χ0n) is 20.2. The number of nitrogens with one attached hydrogen (secondary N) is 1. The molecule has 1 N–H and O–H groups in total. The summed E-state index contributed by atoms with van der Waals surface area (Å²) >= 11 is 1.12. The largest absolute Gasteiger partial charge is 0.484 e. The van der Waals surface area contributed by atoms with Crippen LogP contribution in [0.2, 0.25) is 0 Å². The molecule has 1 aromatic carbocycles. The number of halogens is 4. The second-order valence-corrected chi connectivity index (χ2v) is 9.21. The highest BCUT2D eigenvalue weighted by molar-refractivity contribution is 7.06. The minimum atomic E-state index is -4.47. The van der Waals surface area contributed by atoms with Gasteiger partial charge in [0.25, 0.3) is 5.91 Å². The molecule has 0 saturated heterocycles. The Hall–Kier alpha value is -3.74. The number of carbonyl (C=O) groups excluding carboxylic acids is 2. The molecule has 0 fully saturated rings. The van der Waals surface area contributed by atoms with Gasteiger partial charge in [0.1, 0.15) is 23.2 Å². The van der Waals surface area contributed by atoms with Crippen LogP contribution in [0.15, 0.2) is 42.6 Å². The zero-order valence-corrected chi connectivity index (χ0v) is 21.0. The molecule has 1 amide bonds. The SMILES string of the molecule is COC(=O)C(C)(C)NC(=O)c1ccc(-c2cc([C@@H](C)Oc3ccc(OCC(F)(F)F)nc3)sn2)cc1F. The molecule has 8 nitrogen and oxygen atoms in total. The van der Waals surface area contributed by atoms with Gasteiger partial charge < -0.3 is 19.5 Å². The fourth-order valence-electron chi connectivity index (χ4n) is 3.07. The van der Waals surface area contributed by atoms with Gasteiger partial charge in [-0.2, -0.15) is 17.5 Å². The molecule has 198 valence electrons. The zero-order chi connectivity index (χ0) is 27.4. The van der Waals surface area contributed by atoms with Crippen LogP contribution in [0.4, 0.5) is 17.6 Å². The number of aromatic nitrogens is 2. The highest BCUT2D eigenvalue weighted by atomic mass is 32.1. The molecule has 0 saturated carbocycles. The van der Waals surface area contributed by atoms with Crippen LogP contribution in [-0.2, 0) is 9.53 Å². The van der Waals surface area contributed by atoms with Gasteiger partial charge in [0, 0.05) is 11.6 Å². The molecule has 13 heteroatoms. The van der Waals surface area contributed by atoms with E-state index in [-0.39, 0.29) is 11.4 Å². The molecule has 2 aromatic heterocycles. The molecular weight excluding hydrogens is 518 g/mol. The van der Waals surface area contributed by atoms with Crippen molar-refractivity contribution in [3.8, 4) is 22.9 Å². The predicted octanol–water partition coefficient (Wildman–Crippen LogP) is 5.11. The van der Waals surface area contributed by atoms with E-state index in [0.29, 0.717) is 21.9 Å². The molecule has 0 spiro atoms. The lowest BCUT2D eigenvalue weighted by molar-refractivity contribution is -0.154. The van der Waals surface area contributed by atoms with Crippen molar-refractivity contribution in [1.29, 1.82) is 0 Å². The number of nitrogens with zero attached hydrogens (tertiary/aromatic N) is 2. The third-order valence-corrected chi connectivity index (χ3v) is 5.91. The van der Waals surface area contributed by atoms with Gasteiger partial charge in [-0.1, -0.05) is 6.07 Å². The van der Waals surface area contributed by atoms with Gasteiger partial charge in [-0.3, -0.25) is 4.79 Å². The predicted molar refractivity (Wildman–Crippen MR) is 126 cm³/mol. The fourth-order valence-corrected chi connectivity index (χ4v) is 3.80. The third kappa shape index (κ3) is 7.38. The van der Waals surface area contributed by atoms with Crippen molar-refractivity contribution in [2.24, 2.45) is 0 Å². The Morgan fingerprint density at radius 2 is 1.86 bits per heavy atom. The molecule has 3 aromatic rings. The first-order chi connectivity index (χ1) is 17.3. The van der Waals surface area contributed by atoms with E-state index in [0.717, 1.165) is 17.6 Å². The third-order valence-electron chi connectivity index (χ3n) is 4.97. The average Bonchev–Trinajstić information content (AvgIpc) is 3.32. The van der Waals surface area contributed by atoms with Crippen molar-refractivity contribution in [1.82, 2.24) is 14.7 Å². The number of hydrogen-bond acceptors (Lipinski definition) is 8. The Morgan fingerprint density at radius 1 is 1.14 bits per heavy atom. The molecule has 0 aliphatic rings. The fraction of sp³-hybridized carbons (Fsp3) is 0.333. The molecule has 3 rings (SSSR count). The number of esters is 1. The number of pyridine rings is 1. The van der Waals surface area contributed by atoms with E-state index in [1.807, 2.05) is 0 Å². The minimum absolute atomic E-state index is 0.189. The maximum Gasteiger partial charge on any atom is 0.422 e. The Bertz CT molecular complexity index is 1260. The Balaban J connectivity index is 1.66. The standard InChI is InChI=1S/C24H23F4N3O5S/c1-13(36-15-6-8-20(29-11-15)35-12-24(26,27)28)19-10-18(31-37-19)14-5-7-16(17(25)9-14)21(32)30-23(2,3)22(33)34-4/h5-11,13H,12H2,1-4H3,(H,30,32)/t13-/m1/s1. The van der Waals surface area contributed by atoms with Crippen LogP contribution < -0.4 is 14.8 Å². The van der Waals surface area contributed by atoms with Crippen molar-refractivity contribution in [3.05, 3.63) is 58.9 Å². The maximum absolute atomic E-state index is 14.7. The number of ether oxygens (including phenoxy) is 3. The summed E-state index contributed by atoms with van der Waals surface area (Å²) in [6, 6.07) is 8.36. The van der Waals surface area contributed by atoms with E-state index in [2.05, 4.69) is 24.1 Å². The second-order valence-electron chi connectivity index (χ2n) is 8.38. The normalized spacial score (nSPS) is 12.5. The highest BCUT2D eigenvalue weighted by Crippen LogP contribution is 2.30. The lowest BCUT2D eigenvalue weighted by atomic mass is 10.0. The summed E-state index contributed by atoms with van der Waals surface area (Å²) in [6.45, 7) is 3.17. The average molecular weight is 542 g/mol. The van der Waals surface area contributed by atoms with Crippen LogP contribution in [-0.4, -0.2) is 46.7 Å². The van der Waals surface area contributed by atoms with Gasteiger partial charge in [-0.15, -0.1) is 0 Å². The molecule has 0 bridgehead atoms. The first-order valence-electron chi connectivity index (χ1n) is 10.8. The van der Waals surface area contributed by atoms with Crippen LogP contribution in [0.5, 0.6) is 11.6 Å². The smallest absolute Gasteiger partial charge is 0.422 e. The lowest BCUT2D eigenvalue weighted by Crippen LogP contribution is -2.50. The topological polar surface area (TPSA) is 99.6 Å². The van der Waals surface area contributed by atoms with E-state index in [9.17, 15) is 27.2 Å². The maximum atomic E-state index is 14.7. The van der Waals surface area contributed by atoms with E-state index in [1.54, 1.807) is 13.0 Å². The summed E-state index contributed by atoms with van der Waals surface area (Å²) in [4.78, 5) is 28.7. The van der Waals surface area contributed by atoms with E-state index < -0.39 is 42.1 Å². The van der Waals surface area contributed by atoms with Gasteiger partial charge in [0.2, 0.25) is 5.88 Å². The van der Waals surface area contributed by atoms with Crippen molar-refractivity contribution >= 4 is 23.4 Å². The molecule has 0 aliphatic carbocycles. The summed E-state index contributed by atoms with van der Waals surface area (Å²) in [5.74, 6) is -2.13. The summed E-state index contributed by atoms with van der Waals surface area (Å²) in [5.41, 5.74) is -0.722. The van der Waals surface area contributed by atoms with Gasteiger partial charge >= 0.3 is 12.1 Å². The summed E-state index contributed by atoms with van der Waals surface area (Å²) in [6.07, 6.45) is -3.72. The van der Waals surface area contributed by atoms with Crippen molar-refractivity contribution in [2.75, 3.05) is 13.7 Å². The van der Waals surface area contributed by atoms with E-state index >= 15 is 0 Å². The van der Waals surface area contributed by atoms with Crippen LogP contribution in [0.25, 0.3) is 11.3 Å². The van der Waals surface area contributed by atoms with Crippen molar-refractivity contribution in [2.45, 2.75) is 38.6 Å². The summed E-state index contributed by atoms with van der Waals surface area (Å²) in [7, 11) is 1.18. The summed E-state index contributed by atoms with van der Waals surface area (Å²) < 4.78 is 70.7. The van der Waals surface area contributed by atoms with Gasteiger partial charge in [-0.25, -0.2) is 14.2 Å². The van der Waals surface area contributed by atoms with Crippen LogP contribution in [0, 0.1) is 5.82 Å². The Kier molecular flexibility index (Phi) is 8.36. The highest BCUT2D eigenvalue weighted by Gasteiger charge is 2.32. The molecule has 1 atom stereocenters. The Morgan fingerprint density at radius 3 is 2.46 bits per heavy atom. The Labute approximate surface area is 213 Å². The number of rotatable bonds is 9. The van der Waals surface area contributed by atoms with Crippen molar-refractivity contribution in [3.63, 3.8) is 0 Å². The molecule has 0 unspecified atom stereocenters. The first-order valence-corrected chi connectivity index (χ1v) is 11.6. The minimum Gasteiger partial charge on any atom is -0.484 e. The lowest BCUT2D eigenvalue weighted by Gasteiger charge is -2.23. The number of carbonyl (C=O) groups is 2. The molecule has 0 radical (unpaired) electrons. The van der Waals surface area contributed by atoms with Gasteiger partial charge in [-0.05, 0) is 56.6 Å². The number of alkyl halides is 3. The first kappa shape index (κ1) is 27.8. The van der Waals surface area contributed by atoms with Crippen LogP contribution in [0.1, 0.15) is 42.1 Å². The van der Waals surface area contributed by atoms with E-state index in [4.69, 9.17) is 4.74 Å². The van der Waals surface area contributed by atoms with Crippen LogP contribution in [0.3, 0.4) is 0 Å². The number of amides is 1. The summed E-state index contributed by atoms with van der Waals surface area (Å²) in [5, 5.41) is 2.44. The van der Waals surface area contributed by atoms with Gasteiger partial charge in [0.15, 0.2) is 6.61 Å². The molecular formula is C24H23F4N3O5S. The van der Waals surface area contributed by atoms with Crippen LogP contribution >= 0.6 is 11.5 Å². The van der Waals surface area contributed by atoms with Gasteiger partial charge in [0.05, 0.1) is 29.4 Å². The monoisotopic (exact) mass is 541 g/mol. The second kappa shape index (κ2) is 11.1. The number of benzene rings is 1. The molecule has 2 heterocycles.